The molecule has 0 heterocycles. The molecule has 0 saturated carbocycles. The molecule has 0 saturated heterocycles. The normalized spacial score (nSPS) is 14.6. The number of nitrogens with two attached hydrogens (primary N) is 1. The van der Waals surface area contributed by atoms with Crippen molar-refractivity contribution < 1.29 is 29.4 Å². The smallest absolute Gasteiger partial charge is 0.326 e. The molecule has 172 valence electrons. The van der Waals surface area contributed by atoms with E-state index in [1.165, 1.54) is 18.7 Å². The van der Waals surface area contributed by atoms with Crippen molar-refractivity contribution in [2.24, 2.45) is 5.73 Å². The monoisotopic (exact) mass is 454 g/mol. The fraction of sp³-hybridized carbons (Fsp3) is 0.500. The van der Waals surface area contributed by atoms with E-state index < -0.39 is 54.5 Å². The van der Waals surface area contributed by atoms with Crippen LogP contribution < -0.4 is 21.7 Å². The van der Waals surface area contributed by atoms with Gasteiger partial charge in [-0.05, 0) is 30.9 Å². The molecule has 0 radical (unpaired) electrons. The van der Waals surface area contributed by atoms with Gasteiger partial charge in [-0.3, -0.25) is 14.4 Å². The Hall–Kier alpha value is -2.63. The Bertz CT molecular complexity index is 746. The lowest BCUT2D eigenvalue weighted by Gasteiger charge is -2.24. The number of hydrogen-bond acceptors (Lipinski definition) is 7. The first-order valence-electron chi connectivity index (χ1n) is 9.72. The van der Waals surface area contributed by atoms with Crippen LogP contribution in [0.15, 0.2) is 30.3 Å². The number of aliphatic hydroxyl groups excluding tert-OH is 1. The summed E-state index contributed by atoms with van der Waals surface area (Å²) < 4.78 is 0. The fourth-order valence-corrected chi connectivity index (χ4v) is 3.07. The first-order chi connectivity index (χ1) is 14.7. The van der Waals surface area contributed by atoms with Gasteiger partial charge in [-0.25, -0.2) is 4.79 Å². The number of carbonyl (C=O) groups is 4. The number of thioether (sulfide) groups is 1. The minimum Gasteiger partial charge on any atom is -0.480 e. The molecule has 31 heavy (non-hydrogen) atoms. The second-order valence-corrected chi connectivity index (χ2v) is 7.95. The number of rotatable bonds is 13. The lowest BCUT2D eigenvalue weighted by molar-refractivity contribution is -0.142. The third-order valence-corrected chi connectivity index (χ3v) is 5.01. The molecule has 4 unspecified atom stereocenters. The zero-order chi connectivity index (χ0) is 23.4. The maximum Gasteiger partial charge on any atom is 0.326 e. The molecule has 1 rings (SSSR count). The topological polar surface area (TPSA) is 171 Å². The van der Waals surface area contributed by atoms with Gasteiger partial charge in [0.1, 0.15) is 18.1 Å². The van der Waals surface area contributed by atoms with Crippen molar-refractivity contribution in [3.05, 3.63) is 35.9 Å². The molecule has 0 aliphatic rings. The van der Waals surface area contributed by atoms with Crippen LogP contribution in [0, 0.1) is 0 Å². The number of nitrogens with one attached hydrogen (secondary N) is 3. The Labute approximate surface area is 185 Å². The predicted octanol–water partition coefficient (Wildman–Crippen LogP) is -1.14. The SMILES string of the molecule is CSCCC(NC(=O)C(CO)NC(=O)C(Cc1ccccc1)NC(=O)C(C)N)C(=O)O. The number of carboxylic acids is 1. The molecule has 0 aliphatic heterocycles. The average molecular weight is 455 g/mol. The summed E-state index contributed by atoms with van der Waals surface area (Å²) in [5.74, 6) is -2.79. The maximum atomic E-state index is 12.8. The van der Waals surface area contributed by atoms with Crippen LogP contribution >= 0.6 is 11.8 Å². The van der Waals surface area contributed by atoms with Crippen LogP contribution in [0.2, 0.25) is 0 Å². The van der Waals surface area contributed by atoms with Crippen molar-refractivity contribution in [1.29, 1.82) is 0 Å². The van der Waals surface area contributed by atoms with E-state index in [1.807, 2.05) is 0 Å². The van der Waals surface area contributed by atoms with Gasteiger partial charge in [0.25, 0.3) is 0 Å². The predicted molar refractivity (Wildman–Crippen MR) is 117 cm³/mol. The van der Waals surface area contributed by atoms with Gasteiger partial charge in [-0.1, -0.05) is 30.3 Å². The van der Waals surface area contributed by atoms with Crippen molar-refractivity contribution in [1.82, 2.24) is 16.0 Å². The Morgan fingerprint density at radius 3 is 2.03 bits per heavy atom. The van der Waals surface area contributed by atoms with Gasteiger partial charge in [0.05, 0.1) is 12.6 Å². The molecule has 4 atom stereocenters. The highest BCUT2D eigenvalue weighted by Crippen LogP contribution is 2.05. The Morgan fingerprint density at radius 2 is 1.52 bits per heavy atom. The molecule has 11 heteroatoms. The minimum absolute atomic E-state index is 0.135. The van der Waals surface area contributed by atoms with Crippen LogP contribution in [-0.4, -0.2) is 76.7 Å². The van der Waals surface area contributed by atoms with Gasteiger partial charge in [-0.15, -0.1) is 0 Å². The minimum atomic E-state index is -1.38. The van der Waals surface area contributed by atoms with E-state index in [0.29, 0.717) is 5.75 Å². The molecule has 7 N–H and O–H groups in total. The van der Waals surface area contributed by atoms with Crippen LogP contribution in [0.4, 0.5) is 0 Å². The molecular weight excluding hydrogens is 424 g/mol. The second-order valence-electron chi connectivity index (χ2n) is 6.96. The number of benzene rings is 1. The fourth-order valence-electron chi connectivity index (χ4n) is 2.59. The van der Waals surface area contributed by atoms with Gasteiger partial charge in [0, 0.05) is 6.42 Å². The van der Waals surface area contributed by atoms with Crippen molar-refractivity contribution in [3.63, 3.8) is 0 Å². The molecular formula is C20H30N4O6S. The van der Waals surface area contributed by atoms with Gasteiger partial charge in [0.2, 0.25) is 17.7 Å². The molecule has 1 aromatic carbocycles. The highest BCUT2D eigenvalue weighted by Gasteiger charge is 2.29. The molecule has 0 spiro atoms. The number of carbonyl (C=O) groups excluding carboxylic acids is 3. The summed E-state index contributed by atoms with van der Waals surface area (Å²) in [7, 11) is 0. The van der Waals surface area contributed by atoms with Gasteiger partial charge < -0.3 is 31.9 Å². The van der Waals surface area contributed by atoms with E-state index in [4.69, 9.17) is 5.73 Å². The molecule has 3 amide bonds. The van der Waals surface area contributed by atoms with Gasteiger partial charge >= 0.3 is 5.97 Å². The zero-order valence-corrected chi connectivity index (χ0v) is 18.4. The quantitative estimate of drug-likeness (QED) is 0.217. The van der Waals surface area contributed by atoms with E-state index in [1.54, 1.807) is 36.6 Å². The van der Waals surface area contributed by atoms with Crippen molar-refractivity contribution >= 4 is 35.5 Å². The largest absolute Gasteiger partial charge is 0.480 e. The third kappa shape index (κ3) is 9.37. The first-order valence-corrected chi connectivity index (χ1v) is 11.1. The van der Waals surface area contributed by atoms with Crippen LogP contribution in [0.3, 0.4) is 0 Å². The molecule has 0 aliphatic carbocycles. The number of carboxylic acid groups (broad SMARTS) is 1. The van der Waals surface area contributed by atoms with E-state index in [2.05, 4.69) is 16.0 Å². The molecule has 0 fully saturated rings. The van der Waals surface area contributed by atoms with E-state index in [0.717, 1.165) is 5.56 Å². The van der Waals surface area contributed by atoms with Crippen molar-refractivity contribution in [2.45, 2.75) is 43.9 Å². The Kier molecular flexibility index (Phi) is 11.6. The van der Waals surface area contributed by atoms with Gasteiger partial charge in [0.15, 0.2) is 0 Å². The number of amides is 3. The van der Waals surface area contributed by atoms with E-state index in [-0.39, 0.29) is 12.8 Å². The summed E-state index contributed by atoms with van der Waals surface area (Å²) in [5, 5.41) is 26.1. The lowest BCUT2D eigenvalue weighted by Crippen LogP contribution is -2.58. The Morgan fingerprint density at radius 1 is 0.968 bits per heavy atom. The van der Waals surface area contributed by atoms with E-state index >= 15 is 0 Å². The second kappa shape index (κ2) is 13.6. The summed E-state index contributed by atoms with van der Waals surface area (Å²) in [6, 6.07) is 4.49. The molecule has 0 bridgehead atoms. The van der Waals surface area contributed by atoms with Gasteiger partial charge in [-0.2, -0.15) is 11.8 Å². The van der Waals surface area contributed by atoms with Crippen molar-refractivity contribution in [2.75, 3.05) is 18.6 Å². The number of aliphatic hydroxyl groups is 1. The molecule has 10 nitrogen and oxygen atoms in total. The Balaban J connectivity index is 2.89. The number of hydrogen-bond donors (Lipinski definition) is 6. The summed E-state index contributed by atoms with van der Waals surface area (Å²) in [4.78, 5) is 48.6. The van der Waals surface area contributed by atoms with Crippen LogP contribution in [0.25, 0.3) is 0 Å². The summed E-state index contributed by atoms with van der Waals surface area (Å²) >= 11 is 1.43. The zero-order valence-electron chi connectivity index (χ0n) is 17.5. The first kappa shape index (κ1) is 26.4. The van der Waals surface area contributed by atoms with Crippen LogP contribution in [0.5, 0.6) is 0 Å². The molecule has 0 aromatic heterocycles. The van der Waals surface area contributed by atoms with E-state index in [9.17, 15) is 29.4 Å². The standard InChI is InChI=1S/C20H30N4O6S/c1-12(21)17(26)23-15(10-13-6-4-3-5-7-13)18(27)24-16(11-25)19(28)22-14(20(29)30)8-9-31-2/h3-7,12,14-16,25H,8-11,21H2,1-2H3,(H,22,28)(H,23,26)(H,24,27)(H,29,30). The summed E-state index contributed by atoms with van der Waals surface area (Å²) in [6.45, 7) is 0.725. The summed E-state index contributed by atoms with van der Waals surface area (Å²) in [6.07, 6.45) is 2.13. The van der Waals surface area contributed by atoms with Crippen molar-refractivity contribution in [3.8, 4) is 0 Å². The van der Waals surface area contributed by atoms with Crippen LogP contribution in [0.1, 0.15) is 18.9 Å². The number of aliphatic carboxylic acids is 1. The lowest BCUT2D eigenvalue weighted by atomic mass is 10.0. The molecule has 1 aromatic rings. The average Bonchev–Trinajstić information content (AvgIpc) is 2.74. The highest BCUT2D eigenvalue weighted by molar-refractivity contribution is 7.98. The third-order valence-electron chi connectivity index (χ3n) is 4.37. The summed E-state index contributed by atoms with van der Waals surface area (Å²) in [5.41, 5.74) is 6.34. The van der Waals surface area contributed by atoms with Crippen LogP contribution in [-0.2, 0) is 25.6 Å². The highest BCUT2D eigenvalue weighted by atomic mass is 32.2. The maximum absolute atomic E-state index is 12.8.